The van der Waals surface area contributed by atoms with Crippen molar-refractivity contribution in [2.75, 3.05) is 11.5 Å². The fourth-order valence-electron chi connectivity index (χ4n) is 1.22. The Hall–Kier alpha value is -1.26. The minimum absolute atomic E-state index is 0.0501. The summed E-state index contributed by atoms with van der Waals surface area (Å²) in [6, 6.07) is -2.34. The number of amides is 2. The minimum atomic E-state index is -1.30. The lowest BCUT2D eigenvalue weighted by molar-refractivity contribution is -0.155. The lowest BCUT2D eigenvalue weighted by Crippen LogP contribution is -2.48. The molecule has 0 fully saturated rings. The molecule has 0 aliphatic carbocycles. The van der Waals surface area contributed by atoms with Crippen LogP contribution in [0.25, 0.3) is 0 Å². The molecular weight excluding hydrogens is 308 g/mol. The summed E-state index contributed by atoms with van der Waals surface area (Å²) in [6.07, 6.45) is 0. The number of nitrogens with two attached hydrogens (primary N) is 1. The first kappa shape index (κ1) is 18.7. The van der Waals surface area contributed by atoms with E-state index in [1.807, 2.05) is 0 Å². The van der Waals surface area contributed by atoms with E-state index in [9.17, 15) is 19.2 Å². The molecule has 20 heavy (non-hydrogen) atoms. The fourth-order valence-corrected chi connectivity index (χ4v) is 3.53. The molecule has 0 bridgehead atoms. The third kappa shape index (κ3) is 6.26. The number of aliphatic carboxylic acids is 2. The molecule has 0 radical (unpaired) electrons. The molecule has 8 nitrogen and oxygen atoms in total. The third-order valence-electron chi connectivity index (χ3n) is 2.15. The van der Waals surface area contributed by atoms with E-state index >= 15 is 0 Å². The predicted octanol–water partition coefficient (Wildman–Crippen LogP) is -0.372. The molecule has 1 unspecified atom stereocenters. The van der Waals surface area contributed by atoms with Crippen LogP contribution in [0.4, 0.5) is 0 Å². The summed E-state index contributed by atoms with van der Waals surface area (Å²) < 4.78 is 0. The summed E-state index contributed by atoms with van der Waals surface area (Å²) in [7, 11) is 2.12. The predicted molar refractivity (Wildman–Crippen MR) is 75.2 cm³/mol. The molecule has 2 amide bonds. The first-order chi connectivity index (χ1) is 9.18. The molecule has 0 aromatic rings. The first-order valence-electron chi connectivity index (χ1n) is 5.44. The highest BCUT2D eigenvalue weighted by atomic mass is 33.1. The highest BCUT2D eigenvalue weighted by Crippen LogP contribution is 2.24. The Morgan fingerprint density at radius 3 is 1.80 bits per heavy atom. The molecule has 0 aliphatic rings. The Kier molecular flexibility index (Phi) is 8.26. The smallest absolute Gasteiger partial charge is 0.327 e. The van der Waals surface area contributed by atoms with E-state index in [0.717, 1.165) is 35.4 Å². The molecule has 0 saturated heterocycles. The number of imide groups is 1. The molecule has 2 atom stereocenters. The van der Waals surface area contributed by atoms with Crippen LogP contribution in [0.2, 0.25) is 0 Å². The second-order valence-corrected chi connectivity index (χ2v) is 6.33. The van der Waals surface area contributed by atoms with Crippen molar-refractivity contribution in [2.45, 2.75) is 25.9 Å². The minimum Gasteiger partial charge on any atom is -0.480 e. The number of hydrogen-bond donors (Lipinski definition) is 3. The zero-order valence-electron chi connectivity index (χ0n) is 10.9. The molecule has 0 aromatic carbocycles. The van der Waals surface area contributed by atoms with Gasteiger partial charge >= 0.3 is 11.9 Å². The topological polar surface area (TPSA) is 138 Å². The first-order valence-corrected chi connectivity index (χ1v) is 7.93. The zero-order valence-corrected chi connectivity index (χ0v) is 12.6. The van der Waals surface area contributed by atoms with E-state index < -0.39 is 35.8 Å². The molecule has 0 aromatic heterocycles. The van der Waals surface area contributed by atoms with Crippen molar-refractivity contribution in [3.63, 3.8) is 0 Å². The van der Waals surface area contributed by atoms with E-state index in [1.165, 1.54) is 0 Å². The maximum atomic E-state index is 11.3. The number of nitrogens with zero attached hydrogens (tertiary/aromatic N) is 1. The van der Waals surface area contributed by atoms with Crippen molar-refractivity contribution in [1.29, 1.82) is 0 Å². The van der Waals surface area contributed by atoms with Gasteiger partial charge in [0.1, 0.15) is 12.1 Å². The van der Waals surface area contributed by atoms with Gasteiger partial charge in [0.05, 0.1) is 0 Å². The molecule has 10 heteroatoms. The van der Waals surface area contributed by atoms with Gasteiger partial charge in [0.2, 0.25) is 11.8 Å². The number of carbonyl (C=O) groups is 4. The molecule has 0 rings (SSSR count). The van der Waals surface area contributed by atoms with Crippen molar-refractivity contribution < 1.29 is 29.4 Å². The van der Waals surface area contributed by atoms with Gasteiger partial charge in [-0.2, -0.15) is 0 Å². The molecule has 0 spiro atoms. The Morgan fingerprint density at radius 1 is 1.00 bits per heavy atom. The average molecular weight is 324 g/mol. The van der Waals surface area contributed by atoms with Gasteiger partial charge in [0.25, 0.3) is 0 Å². The van der Waals surface area contributed by atoms with E-state index in [1.54, 1.807) is 0 Å². The standard InChI is InChI=1S/C10H16N2O6S2/c1-5(13)12(6(2)14)8(10(17)18)4-20-19-3-7(11)9(15)16/h7-8H,3-4,11H2,1-2H3,(H,15,16)(H,17,18)/t7?,8-/m1/s1. The summed E-state index contributed by atoms with van der Waals surface area (Å²) >= 11 is 0. The van der Waals surface area contributed by atoms with Crippen molar-refractivity contribution in [1.82, 2.24) is 4.90 Å². The van der Waals surface area contributed by atoms with E-state index in [2.05, 4.69) is 0 Å². The van der Waals surface area contributed by atoms with Crippen molar-refractivity contribution >= 4 is 45.3 Å². The van der Waals surface area contributed by atoms with Gasteiger partial charge < -0.3 is 15.9 Å². The van der Waals surface area contributed by atoms with Crippen molar-refractivity contribution in [3.8, 4) is 0 Å². The zero-order chi connectivity index (χ0) is 15.9. The number of rotatable bonds is 8. The lowest BCUT2D eigenvalue weighted by Gasteiger charge is -2.24. The number of hydrogen-bond acceptors (Lipinski definition) is 7. The second kappa shape index (κ2) is 8.82. The van der Waals surface area contributed by atoms with Gasteiger partial charge in [-0.15, -0.1) is 0 Å². The van der Waals surface area contributed by atoms with Crippen molar-refractivity contribution in [3.05, 3.63) is 0 Å². The maximum absolute atomic E-state index is 11.3. The SMILES string of the molecule is CC(=O)N(C(C)=O)[C@H](CSSCC(N)C(=O)O)C(=O)O. The maximum Gasteiger partial charge on any atom is 0.327 e. The van der Waals surface area contributed by atoms with Gasteiger partial charge in [0, 0.05) is 25.4 Å². The molecular formula is C10H16N2O6S2. The Labute approximate surface area is 123 Å². The number of carbonyl (C=O) groups excluding carboxylic acids is 2. The van der Waals surface area contributed by atoms with Gasteiger partial charge in [-0.3, -0.25) is 19.3 Å². The highest BCUT2D eigenvalue weighted by Gasteiger charge is 2.30. The van der Waals surface area contributed by atoms with Crippen LogP contribution in [-0.2, 0) is 19.2 Å². The fraction of sp³-hybridized carbons (Fsp3) is 0.600. The summed E-state index contributed by atoms with van der Waals surface area (Å²) in [5.74, 6) is -3.72. The lowest BCUT2D eigenvalue weighted by atomic mass is 10.3. The third-order valence-corrected chi connectivity index (χ3v) is 4.58. The summed E-state index contributed by atoms with van der Waals surface area (Å²) in [5, 5.41) is 17.6. The molecule has 0 saturated carbocycles. The van der Waals surface area contributed by atoms with E-state index in [0.29, 0.717) is 4.90 Å². The van der Waals surface area contributed by atoms with E-state index in [4.69, 9.17) is 15.9 Å². The quantitative estimate of drug-likeness (QED) is 0.403. The Bertz CT molecular complexity index is 389. The van der Waals surface area contributed by atoms with Crippen LogP contribution in [0, 0.1) is 0 Å². The van der Waals surface area contributed by atoms with Crippen molar-refractivity contribution in [2.24, 2.45) is 5.73 Å². The molecule has 114 valence electrons. The Balaban J connectivity index is 4.50. The number of carboxylic acid groups (broad SMARTS) is 2. The largest absolute Gasteiger partial charge is 0.480 e. The summed E-state index contributed by atoms with van der Waals surface area (Å²) in [5.41, 5.74) is 5.28. The van der Waals surface area contributed by atoms with Crippen LogP contribution >= 0.6 is 21.6 Å². The highest BCUT2D eigenvalue weighted by molar-refractivity contribution is 8.76. The average Bonchev–Trinajstić information content (AvgIpc) is 2.30. The van der Waals surface area contributed by atoms with Crippen LogP contribution in [0.3, 0.4) is 0 Å². The van der Waals surface area contributed by atoms with Crippen LogP contribution in [-0.4, -0.2) is 62.5 Å². The summed E-state index contributed by atoms with van der Waals surface area (Å²) in [6.45, 7) is 2.21. The van der Waals surface area contributed by atoms with Gasteiger partial charge in [-0.25, -0.2) is 4.79 Å². The Morgan fingerprint density at radius 2 is 1.45 bits per heavy atom. The monoisotopic (exact) mass is 324 g/mol. The van der Waals surface area contributed by atoms with E-state index in [-0.39, 0.29) is 11.5 Å². The second-order valence-electron chi connectivity index (χ2n) is 3.78. The van der Waals surface area contributed by atoms with Crippen LogP contribution in [0.1, 0.15) is 13.8 Å². The van der Waals surface area contributed by atoms with Gasteiger partial charge in [-0.05, 0) is 0 Å². The molecule has 4 N–H and O–H groups in total. The van der Waals surface area contributed by atoms with Crippen LogP contribution < -0.4 is 5.73 Å². The number of carboxylic acids is 2. The molecule has 0 aliphatic heterocycles. The van der Waals surface area contributed by atoms with Gasteiger partial charge in [0.15, 0.2) is 0 Å². The van der Waals surface area contributed by atoms with Crippen LogP contribution in [0.5, 0.6) is 0 Å². The van der Waals surface area contributed by atoms with Gasteiger partial charge in [-0.1, -0.05) is 21.6 Å². The molecule has 0 heterocycles. The van der Waals surface area contributed by atoms with Crippen LogP contribution in [0.15, 0.2) is 0 Å². The normalized spacial score (nSPS) is 13.3. The summed E-state index contributed by atoms with van der Waals surface area (Å²) in [4.78, 5) is 44.8.